The van der Waals surface area contributed by atoms with Crippen molar-refractivity contribution < 1.29 is 4.79 Å². The normalized spacial score (nSPS) is 28.6. The van der Waals surface area contributed by atoms with Crippen molar-refractivity contribution in [3.63, 3.8) is 0 Å². The minimum Gasteiger partial charge on any atom is -0.323 e. The highest BCUT2D eigenvalue weighted by Crippen LogP contribution is 2.25. The van der Waals surface area contributed by atoms with E-state index in [-0.39, 0.29) is 23.9 Å². The van der Waals surface area contributed by atoms with E-state index < -0.39 is 6.04 Å². The van der Waals surface area contributed by atoms with E-state index in [4.69, 9.17) is 11.0 Å². The van der Waals surface area contributed by atoms with Crippen LogP contribution in [0.3, 0.4) is 0 Å². The van der Waals surface area contributed by atoms with Crippen LogP contribution in [0.5, 0.6) is 0 Å². The Morgan fingerprint density at radius 2 is 2.25 bits per heavy atom. The van der Waals surface area contributed by atoms with Crippen molar-refractivity contribution in [1.82, 2.24) is 4.90 Å². The first kappa shape index (κ1) is 13.0. The molecule has 1 aliphatic rings. The fourth-order valence-corrected chi connectivity index (χ4v) is 2.15. The highest BCUT2D eigenvalue weighted by atomic mass is 16.2. The van der Waals surface area contributed by atoms with Gasteiger partial charge in [0.2, 0.25) is 5.91 Å². The molecule has 0 radical (unpaired) electrons. The Bertz CT molecular complexity index is 297. The summed E-state index contributed by atoms with van der Waals surface area (Å²) in [7, 11) is 0. The minimum atomic E-state index is -0.471. The summed E-state index contributed by atoms with van der Waals surface area (Å²) in [4.78, 5) is 13.9. The quantitative estimate of drug-likeness (QED) is 0.783. The van der Waals surface area contributed by atoms with Crippen molar-refractivity contribution >= 4 is 5.91 Å². The Balaban J connectivity index is 2.76. The predicted octanol–water partition coefficient (Wildman–Crippen LogP) is 1.26. The van der Waals surface area contributed by atoms with Gasteiger partial charge in [0, 0.05) is 6.04 Å². The van der Waals surface area contributed by atoms with Gasteiger partial charge in [-0.1, -0.05) is 20.3 Å². The van der Waals surface area contributed by atoms with Crippen molar-refractivity contribution in [2.75, 3.05) is 0 Å². The Morgan fingerprint density at radius 1 is 1.62 bits per heavy atom. The summed E-state index contributed by atoms with van der Waals surface area (Å²) in [6, 6.07) is 1.58. The Morgan fingerprint density at radius 3 is 2.75 bits per heavy atom. The zero-order chi connectivity index (χ0) is 12.3. The molecule has 2 unspecified atom stereocenters. The zero-order valence-electron chi connectivity index (χ0n) is 10.3. The third-order valence-electron chi connectivity index (χ3n) is 3.61. The van der Waals surface area contributed by atoms with Crippen molar-refractivity contribution in [1.29, 1.82) is 5.26 Å². The largest absolute Gasteiger partial charge is 0.323 e. The third-order valence-corrected chi connectivity index (χ3v) is 3.61. The molecular formula is C12H21N3O. The maximum absolute atomic E-state index is 12.2. The number of rotatable bonds is 3. The molecule has 2 N–H and O–H groups in total. The SMILES string of the molecule is CC[C@H](C)[C@H](N)C(=O)N1C(C)CCC1C#N. The van der Waals surface area contributed by atoms with Gasteiger partial charge in [-0.15, -0.1) is 0 Å². The van der Waals surface area contributed by atoms with Gasteiger partial charge in [-0.2, -0.15) is 5.26 Å². The van der Waals surface area contributed by atoms with Crippen molar-refractivity contribution in [3.05, 3.63) is 0 Å². The van der Waals surface area contributed by atoms with E-state index in [0.29, 0.717) is 0 Å². The lowest BCUT2D eigenvalue weighted by atomic mass is 9.98. The average molecular weight is 223 g/mol. The first-order chi connectivity index (χ1) is 7.52. The minimum absolute atomic E-state index is 0.0640. The second-order valence-electron chi connectivity index (χ2n) is 4.73. The fraction of sp³-hybridized carbons (Fsp3) is 0.833. The Labute approximate surface area is 97.4 Å². The zero-order valence-corrected chi connectivity index (χ0v) is 10.3. The van der Waals surface area contributed by atoms with Crippen molar-refractivity contribution in [2.45, 2.75) is 58.2 Å². The molecule has 90 valence electrons. The molecule has 4 atom stereocenters. The summed E-state index contributed by atoms with van der Waals surface area (Å²) in [6.45, 7) is 5.98. The second-order valence-corrected chi connectivity index (χ2v) is 4.73. The molecule has 0 spiro atoms. The summed E-state index contributed by atoms with van der Waals surface area (Å²) in [5, 5.41) is 9.00. The van der Waals surface area contributed by atoms with E-state index in [1.54, 1.807) is 4.90 Å². The van der Waals surface area contributed by atoms with Crippen molar-refractivity contribution in [2.24, 2.45) is 11.7 Å². The van der Waals surface area contributed by atoms with Crippen LogP contribution in [0.4, 0.5) is 0 Å². The lowest BCUT2D eigenvalue weighted by Gasteiger charge is -2.29. The molecule has 0 bridgehead atoms. The van der Waals surface area contributed by atoms with E-state index in [9.17, 15) is 4.79 Å². The van der Waals surface area contributed by atoms with Gasteiger partial charge in [0.15, 0.2) is 0 Å². The number of nitriles is 1. The van der Waals surface area contributed by atoms with Gasteiger partial charge < -0.3 is 10.6 Å². The van der Waals surface area contributed by atoms with Crippen LogP contribution in [-0.2, 0) is 4.79 Å². The molecule has 1 fully saturated rings. The van der Waals surface area contributed by atoms with Gasteiger partial charge in [0.05, 0.1) is 12.1 Å². The van der Waals surface area contributed by atoms with Crippen LogP contribution in [0.25, 0.3) is 0 Å². The lowest BCUT2D eigenvalue weighted by molar-refractivity contribution is -0.135. The van der Waals surface area contributed by atoms with E-state index in [1.165, 1.54) is 0 Å². The molecule has 1 heterocycles. The standard InChI is InChI=1S/C12H21N3O/c1-4-8(2)11(14)12(16)15-9(3)5-6-10(15)7-13/h8-11H,4-6,14H2,1-3H3/t8-,9?,10?,11-/m0/s1. The number of nitrogens with two attached hydrogens (primary N) is 1. The Hall–Kier alpha value is -1.08. The first-order valence-electron chi connectivity index (χ1n) is 6.00. The molecule has 1 amide bonds. The van der Waals surface area contributed by atoms with Crippen LogP contribution in [0.15, 0.2) is 0 Å². The van der Waals surface area contributed by atoms with E-state index in [1.807, 2.05) is 20.8 Å². The number of carbonyl (C=O) groups excluding carboxylic acids is 1. The van der Waals surface area contributed by atoms with Crippen LogP contribution in [0, 0.1) is 17.2 Å². The lowest BCUT2D eigenvalue weighted by Crippen LogP contribution is -2.50. The van der Waals surface area contributed by atoms with Crippen LogP contribution in [0.1, 0.15) is 40.0 Å². The van der Waals surface area contributed by atoms with Gasteiger partial charge in [-0.25, -0.2) is 0 Å². The maximum Gasteiger partial charge on any atom is 0.241 e. The summed E-state index contributed by atoms with van der Waals surface area (Å²) in [5.41, 5.74) is 5.93. The topological polar surface area (TPSA) is 70.1 Å². The molecule has 0 saturated carbocycles. The van der Waals surface area contributed by atoms with Gasteiger partial charge >= 0.3 is 0 Å². The van der Waals surface area contributed by atoms with Crippen LogP contribution >= 0.6 is 0 Å². The number of likely N-dealkylation sites (tertiary alicyclic amines) is 1. The highest BCUT2D eigenvalue weighted by molar-refractivity contribution is 5.83. The molecule has 1 rings (SSSR count). The monoisotopic (exact) mass is 223 g/mol. The summed E-state index contributed by atoms with van der Waals surface area (Å²) in [5.74, 6) is 0.102. The molecule has 1 aliphatic heterocycles. The highest BCUT2D eigenvalue weighted by Gasteiger charge is 2.37. The van der Waals surface area contributed by atoms with Crippen molar-refractivity contribution in [3.8, 4) is 6.07 Å². The molecule has 4 heteroatoms. The summed E-state index contributed by atoms with van der Waals surface area (Å²) < 4.78 is 0. The maximum atomic E-state index is 12.2. The van der Waals surface area contributed by atoms with Gasteiger partial charge in [0.1, 0.15) is 6.04 Å². The van der Waals surface area contributed by atoms with E-state index in [0.717, 1.165) is 19.3 Å². The smallest absolute Gasteiger partial charge is 0.241 e. The number of hydrogen-bond acceptors (Lipinski definition) is 3. The van der Waals surface area contributed by atoms with Gasteiger partial charge in [-0.3, -0.25) is 4.79 Å². The van der Waals surface area contributed by atoms with Crippen LogP contribution < -0.4 is 5.73 Å². The molecule has 1 saturated heterocycles. The summed E-state index contributed by atoms with van der Waals surface area (Å²) >= 11 is 0. The second kappa shape index (κ2) is 5.31. The predicted molar refractivity (Wildman–Crippen MR) is 62.4 cm³/mol. The number of nitrogens with zero attached hydrogens (tertiary/aromatic N) is 2. The van der Waals surface area contributed by atoms with E-state index >= 15 is 0 Å². The first-order valence-corrected chi connectivity index (χ1v) is 6.00. The molecule has 16 heavy (non-hydrogen) atoms. The average Bonchev–Trinajstić information content (AvgIpc) is 2.67. The van der Waals surface area contributed by atoms with Crippen LogP contribution in [0.2, 0.25) is 0 Å². The van der Waals surface area contributed by atoms with E-state index in [2.05, 4.69) is 6.07 Å². The van der Waals surface area contributed by atoms with Gasteiger partial charge in [0.25, 0.3) is 0 Å². The molecule has 0 aromatic heterocycles. The number of amides is 1. The van der Waals surface area contributed by atoms with Crippen LogP contribution in [-0.4, -0.2) is 28.9 Å². The molecule has 0 aliphatic carbocycles. The fourth-order valence-electron chi connectivity index (χ4n) is 2.15. The molecule has 4 nitrogen and oxygen atoms in total. The summed E-state index contributed by atoms with van der Waals surface area (Å²) in [6.07, 6.45) is 2.56. The third kappa shape index (κ3) is 2.35. The number of hydrogen-bond donors (Lipinski definition) is 1. The number of carbonyl (C=O) groups is 1. The molecule has 0 aromatic carbocycles. The van der Waals surface area contributed by atoms with Gasteiger partial charge in [-0.05, 0) is 25.7 Å². The molecule has 0 aromatic rings. The molecular weight excluding hydrogens is 202 g/mol. The Kier molecular flexibility index (Phi) is 4.31.